The van der Waals surface area contributed by atoms with E-state index in [9.17, 15) is 14.4 Å². The van der Waals surface area contributed by atoms with E-state index in [4.69, 9.17) is 9.84 Å². The van der Waals surface area contributed by atoms with Crippen molar-refractivity contribution in [2.45, 2.75) is 13.3 Å². The molecule has 1 aliphatic rings. The summed E-state index contributed by atoms with van der Waals surface area (Å²) >= 11 is 0. The number of carboxylic acid groups (broad SMARTS) is 1. The number of hydrogen-bond donors (Lipinski definition) is 1. The SMILES string of the molecule is C=CC(=O)OCCOC(=O)C1=C(C(=O)O)CC(C)C=C1. The summed E-state index contributed by atoms with van der Waals surface area (Å²) in [4.78, 5) is 33.6. The molecule has 1 aliphatic carbocycles. The molecule has 1 atom stereocenters. The molecule has 1 unspecified atom stereocenters. The van der Waals surface area contributed by atoms with Gasteiger partial charge < -0.3 is 14.6 Å². The van der Waals surface area contributed by atoms with Gasteiger partial charge in [0, 0.05) is 6.08 Å². The van der Waals surface area contributed by atoms with Crippen LogP contribution in [0.4, 0.5) is 0 Å². The predicted octanol–water partition coefficient (Wildman–Crippen LogP) is 1.24. The van der Waals surface area contributed by atoms with Crippen LogP contribution in [0.2, 0.25) is 0 Å². The van der Waals surface area contributed by atoms with Gasteiger partial charge in [-0.05, 0) is 12.3 Å². The first-order chi connectivity index (χ1) is 9.45. The molecule has 20 heavy (non-hydrogen) atoms. The van der Waals surface area contributed by atoms with E-state index in [2.05, 4.69) is 11.3 Å². The zero-order chi connectivity index (χ0) is 15.1. The summed E-state index contributed by atoms with van der Waals surface area (Å²) < 4.78 is 9.50. The molecule has 1 N–H and O–H groups in total. The minimum Gasteiger partial charge on any atom is -0.478 e. The molecular weight excluding hydrogens is 264 g/mol. The van der Waals surface area contributed by atoms with Crippen LogP contribution < -0.4 is 0 Å². The molecule has 0 bridgehead atoms. The third-order valence-electron chi connectivity index (χ3n) is 2.65. The number of allylic oxidation sites excluding steroid dienone is 1. The Balaban J connectivity index is 2.59. The zero-order valence-corrected chi connectivity index (χ0v) is 11.1. The van der Waals surface area contributed by atoms with Crippen LogP contribution >= 0.6 is 0 Å². The quantitative estimate of drug-likeness (QED) is 0.447. The Morgan fingerprint density at radius 1 is 1.40 bits per heavy atom. The number of aliphatic carboxylic acids is 1. The minimum atomic E-state index is -1.13. The second-order valence-corrected chi connectivity index (χ2v) is 4.25. The molecule has 1 rings (SSSR count). The third kappa shape index (κ3) is 4.38. The van der Waals surface area contributed by atoms with Gasteiger partial charge >= 0.3 is 17.9 Å². The maximum atomic E-state index is 11.8. The fraction of sp³-hybridized carbons (Fsp3) is 0.357. The molecule has 0 aromatic heterocycles. The first-order valence-electron chi connectivity index (χ1n) is 6.06. The number of ether oxygens (including phenoxy) is 2. The number of rotatable bonds is 6. The van der Waals surface area contributed by atoms with Gasteiger partial charge in [0.1, 0.15) is 13.2 Å². The Morgan fingerprint density at radius 2 is 2.05 bits per heavy atom. The lowest BCUT2D eigenvalue weighted by Crippen LogP contribution is -2.19. The molecule has 0 fully saturated rings. The predicted molar refractivity (Wildman–Crippen MR) is 69.7 cm³/mol. The summed E-state index contributed by atoms with van der Waals surface area (Å²) in [5.74, 6) is -2.42. The van der Waals surface area contributed by atoms with Gasteiger partial charge in [-0.1, -0.05) is 25.7 Å². The zero-order valence-electron chi connectivity index (χ0n) is 11.1. The van der Waals surface area contributed by atoms with Crippen LogP contribution in [0.25, 0.3) is 0 Å². The Kier molecular flexibility index (Phi) is 5.71. The number of hydrogen-bond acceptors (Lipinski definition) is 5. The Bertz CT molecular complexity index is 486. The smallest absolute Gasteiger partial charge is 0.338 e. The van der Waals surface area contributed by atoms with Gasteiger partial charge in [-0.2, -0.15) is 0 Å². The van der Waals surface area contributed by atoms with E-state index >= 15 is 0 Å². The molecule has 0 saturated carbocycles. The molecule has 0 radical (unpaired) electrons. The van der Waals surface area contributed by atoms with Gasteiger partial charge in [0.05, 0.1) is 11.1 Å². The molecule has 0 amide bonds. The van der Waals surface area contributed by atoms with Crippen molar-refractivity contribution in [2.75, 3.05) is 13.2 Å². The van der Waals surface area contributed by atoms with Crippen LogP contribution in [-0.4, -0.2) is 36.2 Å². The van der Waals surface area contributed by atoms with Gasteiger partial charge in [-0.25, -0.2) is 14.4 Å². The Morgan fingerprint density at radius 3 is 2.65 bits per heavy atom. The van der Waals surface area contributed by atoms with E-state index in [0.717, 1.165) is 6.08 Å². The van der Waals surface area contributed by atoms with E-state index in [1.807, 2.05) is 6.92 Å². The van der Waals surface area contributed by atoms with Crippen molar-refractivity contribution in [1.29, 1.82) is 0 Å². The summed E-state index contributed by atoms with van der Waals surface area (Å²) in [6.07, 6.45) is 4.48. The van der Waals surface area contributed by atoms with Crippen LogP contribution in [0, 0.1) is 5.92 Å². The Labute approximate surface area is 116 Å². The van der Waals surface area contributed by atoms with Crippen LogP contribution in [0.1, 0.15) is 13.3 Å². The summed E-state index contributed by atoms with van der Waals surface area (Å²) in [6.45, 7) is 4.83. The van der Waals surface area contributed by atoms with Crippen LogP contribution in [0.3, 0.4) is 0 Å². The highest BCUT2D eigenvalue weighted by Gasteiger charge is 2.24. The first-order valence-corrected chi connectivity index (χ1v) is 6.06. The molecule has 0 heterocycles. The van der Waals surface area contributed by atoms with Crippen molar-refractivity contribution in [3.05, 3.63) is 36.0 Å². The average Bonchev–Trinajstić information content (AvgIpc) is 2.42. The van der Waals surface area contributed by atoms with Gasteiger partial charge in [0.2, 0.25) is 0 Å². The lowest BCUT2D eigenvalue weighted by atomic mass is 9.91. The van der Waals surface area contributed by atoms with Crippen LogP contribution in [-0.2, 0) is 23.9 Å². The maximum absolute atomic E-state index is 11.8. The fourth-order valence-electron chi connectivity index (χ4n) is 1.67. The highest BCUT2D eigenvalue weighted by atomic mass is 16.6. The highest BCUT2D eigenvalue weighted by Crippen LogP contribution is 2.24. The molecule has 0 aromatic rings. The molecule has 0 saturated heterocycles. The van der Waals surface area contributed by atoms with E-state index in [1.54, 1.807) is 6.08 Å². The van der Waals surface area contributed by atoms with Gasteiger partial charge in [-0.3, -0.25) is 0 Å². The molecule has 0 aliphatic heterocycles. The van der Waals surface area contributed by atoms with Crippen molar-refractivity contribution in [3.8, 4) is 0 Å². The Hall–Kier alpha value is -2.37. The minimum absolute atomic E-state index is 0.0330. The van der Waals surface area contributed by atoms with E-state index in [0.29, 0.717) is 0 Å². The second-order valence-electron chi connectivity index (χ2n) is 4.25. The van der Waals surface area contributed by atoms with Crippen LogP contribution in [0.5, 0.6) is 0 Å². The third-order valence-corrected chi connectivity index (χ3v) is 2.65. The van der Waals surface area contributed by atoms with Crippen molar-refractivity contribution < 1.29 is 29.0 Å². The summed E-state index contributed by atoms with van der Waals surface area (Å²) in [7, 11) is 0. The average molecular weight is 280 g/mol. The molecule has 6 heteroatoms. The summed E-state index contributed by atoms with van der Waals surface area (Å²) in [5, 5.41) is 9.07. The number of carboxylic acids is 1. The molecule has 0 spiro atoms. The second kappa shape index (κ2) is 7.28. The van der Waals surface area contributed by atoms with E-state index in [-0.39, 0.29) is 36.7 Å². The van der Waals surface area contributed by atoms with Crippen molar-refractivity contribution >= 4 is 17.9 Å². The lowest BCUT2D eigenvalue weighted by Gasteiger charge is -2.16. The number of carbonyl (C=O) groups is 3. The van der Waals surface area contributed by atoms with Gasteiger partial charge in [0.15, 0.2) is 0 Å². The summed E-state index contributed by atoms with van der Waals surface area (Å²) in [6, 6.07) is 0. The number of esters is 2. The fourth-order valence-corrected chi connectivity index (χ4v) is 1.67. The number of carbonyl (C=O) groups excluding carboxylic acids is 2. The largest absolute Gasteiger partial charge is 0.478 e. The van der Waals surface area contributed by atoms with E-state index < -0.39 is 17.9 Å². The topological polar surface area (TPSA) is 89.9 Å². The molecule has 6 nitrogen and oxygen atoms in total. The maximum Gasteiger partial charge on any atom is 0.338 e. The van der Waals surface area contributed by atoms with Crippen molar-refractivity contribution in [1.82, 2.24) is 0 Å². The van der Waals surface area contributed by atoms with Crippen molar-refractivity contribution in [2.24, 2.45) is 5.92 Å². The van der Waals surface area contributed by atoms with E-state index in [1.165, 1.54) is 6.08 Å². The normalized spacial score (nSPS) is 17.6. The van der Waals surface area contributed by atoms with Crippen molar-refractivity contribution in [3.63, 3.8) is 0 Å². The lowest BCUT2D eigenvalue weighted by molar-refractivity contribution is -0.146. The van der Waals surface area contributed by atoms with Crippen LogP contribution in [0.15, 0.2) is 36.0 Å². The summed E-state index contributed by atoms with van der Waals surface area (Å²) in [5.41, 5.74) is 0.0683. The molecule has 0 aromatic carbocycles. The molecular formula is C14H16O6. The monoisotopic (exact) mass is 280 g/mol. The first kappa shape index (κ1) is 15.7. The van der Waals surface area contributed by atoms with Gasteiger partial charge in [0.25, 0.3) is 0 Å². The molecule has 108 valence electrons. The van der Waals surface area contributed by atoms with Gasteiger partial charge in [-0.15, -0.1) is 0 Å². The standard InChI is InChI=1S/C14H16O6/c1-3-12(15)19-6-7-20-14(18)10-5-4-9(2)8-11(10)13(16)17/h3-5,9H,1,6-8H2,2H3,(H,16,17). The highest BCUT2D eigenvalue weighted by molar-refractivity contribution is 6.02.